The summed E-state index contributed by atoms with van der Waals surface area (Å²) in [4.78, 5) is 0. The fraction of sp³-hybridized carbons (Fsp3) is 0.143. The Bertz CT molecular complexity index is 587. The Labute approximate surface area is 124 Å². The SMILES string of the molecule is COc1ccc(Oc2ccc(CO)c(Cl)c2)c(Br)c1. The molecule has 100 valence electrons. The van der Waals surface area contributed by atoms with Crippen LogP contribution in [-0.2, 0) is 6.61 Å². The normalized spacial score (nSPS) is 10.3. The average molecular weight is 344 g/mol. The zero-order chi connectivity index (χ0) is 13.8. The highest BCUT2D eigenvalue weighted by molar-refractivity contribution is 9.10. The molecule has 0 bridgehead atoms. The highest BCUT2D eigenvalue weighted by Crippen LogP contribution is 2.34. The maximum Gasteiger partial charge on any atom is 0.141 e. The molecule has 0 saturated carbocycles. The number of hydrogen-bond donors (Lipinski definition) is 1. The van der Waals surface area contributed by atoms with E-state index in [9.17, 15) is 0 Å². The number of aliphatic hydroxyl groups is 1. The molecule has 3 nitrogen and oxygen atoms in total. The summed E-state index contributed by atoms with van der Waals surface area (Å²) in [6.45, 7) is -0.0919. The van der Waals surface area contributed by atoms with Crippen LogP contribution < -0.4 is 9.47 Å². The van der Waals surface area contributed by atoms with Crippen molar-refractivity contribution in [1.82, 2.24) is 0 Å². The summed E-state index contributed by atoms with van der Waals surface area (Å²) in [6, 6.07) is 10.6. The molecule has 2 rings (SSSR count). The Kier molecular flexibility index (Phi) is 4.69. The van der Waals surface area contributed by atoms with Crippen molar-refractivity contribution in [1.29, 1.82) is 0 Å². The number of rotatable bonds is 4. The summed E-state index contributed by atoms with van der Waals surface area (Å²) in [5, 5.41) is 9.53. The van der Waals surface area contributed by atoms with Gasteiger partial charge in [0.2, 0.25) is 0 Å². The number of aliphatic hydroxyl groups excluding tert-OH is 1. The van der Waals surface area contributed by atoms with E-state index >= 15 is 0 Å². The van der Waals surface area contributed by atoms with Crippen molar-refractivity contribution >= 4 is 27.5 Å². The molecule has 2 aromatic carbocycles. The Balaban J connectivity index is 2.23. The highest BCUT2D eigenvalue weighted by Gasteiger charge is 2.06. The number of hydrogen-bond acceptors (Lipinski definition) is 3. The molecule has 0 aliphatic heterocycles. The molecule has 0 radical (unpaired) electrons. The highest BCUT2D eigenvalue weighted by atomic mass is 79.9. The van der Waals surface area contributed by atoms with Crippen LogP contribution in [0.25, 0.3) is 0 Å². The van der Waals surface area contributed by atoms with E-state index in [4.69, 9.17) is 26.2 Å². The molecule has 0 atom stereocenters. The van der Waals surface area contributed by atoms with Gasteiger partial charge >= 0.3 is 0 Å². The third kappa shape index (κ3) is 3.41. The lowest BCUT2D eigenvalue weighted by Gasteiger charge is -2.10. The van der Waals surface area contributed by atoms with Crippen molar-refractivity contribution in [2.45, 2.75) is 6.61 Å². The molecular weight excluding hydrogens is 332 g/mol. The summed E-state index contributed by atoms with van der Waals surface area (Å²) < 4.78 is 11.6. The van der Waals surface area contributed by atoms with E-state index in [1.165, 1.54) is 0 Å². The molecule has 19 heavy (non-hydrogen) atoms. The Morgan fingerprint density at radius 2 is 1.89 bits per heavy atom. The molecule has 0 spiro atoms. The molecule has 0 unspecified atom stereocenters. The van der Waals surface area contributed by atoms with E-state index < -0.39 is 0 Å². The fourth-order valence-corrected chi connectivity index (χ4v) is 2.21. The van der Waals surface area contributed by atoms with Gasteiger partial charge in [0.25, 0.3) is 0 Å². The van der Waals surface area contributed by atoms with E-state index in [0.717, 1.165) is 10.2 Å². The van der Waals surface area contributed by atoms with Gasteiger partial charge in [0, 0.05) is 5.02 Å². The van der Waals surface area contributed by atoms with E-state index in [0.29, 0.717) is 22.1 Å². The number of ether oxygens (including phenoxy) is 2. The average Bonchev–Trinajstić information content (AvgIpc) is 2.41. The molecule has 2 aromatic rings. The standard InChI is InChI=1S/C14H12BrClO3/c1-18-10-4-5-14(12(15)6-10)19-11-3-2-9(8-17)13(16)7-11/h2-7,17H,8H2,1H3. The molecule has 0 aliphatic carbocycles. The van der Waals surface area contributed by atoms with Crippen molar-refractivity contribution in [2.75, 3.05) is 7.11 Å². The maximum absolute atomic E-state index is 9.05. The third-order valence-electron chi connectivity index (χ3n) is 2.56. The van der Waals surface area contributed by atoms with Gasteiger partial charge in [-0.1, -0.05) is 17.7 Å². The van der Waals surface area contributed by atoms with Crippen LogP contribution in [0.15, 0.2) is 40.9 Å². The van der Waals surface area contributed by atoms with Gasteiger partial charge in [-0.05, 0) is 51.8 Å². The monoisotopic (exact) mass is 342 g/mol. The lowest BCUT2D eigenvalue weighted by Crippen LogP contribution is -1.90. The van der Waals surface area contributed by atoms with Crippen molar-refractivity contribution in [2.24, 2.45) is 0 Å². The number of benzene rings is 2. The Hall–Kier alpha value is -1.23. The Morgan fingerprint density at radius 1 is 1.16 bits per heavy atom. The van der Waals surface area contributed by atoms with E-state index in [1.54, 1.807) is 31.4 Å². The zero-order valence-electron chi connectivity index (χ0n) is 10.2. The fourth-order valence-electron chi connectivity index (χ4n) is 1.54. The van der Waals surface area contributed by atoms with Crippen molar-refractivity contribution in [3.63, 3.8) is 0 Å². The van der Waals surface area contributed by atoms with Crippen molar-refractivity contribution in [3.05, 3.63) is 51.5 Å². The van der Waals surface area contributed by atoms with Gasteiger partial charge in [-0.15, -0.1) is 0 Å². The summed E-state index contributed by atoms with van der Waals surface area (Å²) in [5.74, 6) is 2.01. The Morgan fingerprint density at radius 3 is 2.47 bits per heavy atom. The van der Waals surface area contributed by atoms with E-state index in [1.807, 2.05) is 12.1 Å². The van der Waals surface area contributed by atoms with Gasteiger partial charge in [0.1, 0.15) is 17.2 Å². The largest absolute Gasteiger partial charge is 0.497 e. The molecule has 0 aromatic heterocycles. The molecular formula is C14H12BrClO3. The van der Waals surface area contributed by atoms with E-state index in [-0.39, 0.29) is 6.61 Å². The lowest BCUT2D eigenvalue weighted by molar-refractivity contribution is 0.282. The predicted octanol–water partition coefficient (Wildman–Crippen LogP) is 4.40. The first-order chi connectivity index (χ1) is 9.13. The molecule has 0 aliphatic rings. The number of methoxy groups -OCH3 is 1. The smallest absolute Gasteiger partial charge is 0.141 e. The lowest BCUT2D eigenvalue weighted by atomic mass is 10.2. The number of halogens is 2. The first-order valence-electron chi connectivity index (χ1n) is 5.54. The zero-order valence-corrected chi connectivity index (χ0v) is 12.5. The molecule has 5 heteroatoms. The first kappa shape index (κ1) is 14.2. The predicted molar refractivity (Wildman–Crippen MR) is 78.1 cm³/mol. The van der Waals surface area contributed by atoms with Gasteiger partial charge in [-0.2, -0.15) is 0 Å². The van der Waals surface area contributed by atoms with Crippen LogP contribution in [0.1, 0.15) is 5.56 Å². The summed E-state index contributed by atoms with van der Waals surface area (Å²) in [6.07, 6.45) is 0. The van der Waals surface area contributed by atoms with Gasteiger partial charge in [0.15, 0.2) is 0 Å². The van der Waals surface area contributed by atoms with E-state index in [2.05, 4.69) is 15.9 Å². The van der Waals surface area contributed by atoms with Gasteiger partial charge in [-0.25, -0.2) is 0 Å². The molecule has 0 fully saturated rings. The van der Waals surface area contributed by atoms with Crippen LogP contribution in [0.2, 0.25) is 5.02 Å². The molecule has 0 amide bonds. The molecule has 1 N–H and O–H groups in total. The second-order valence-electron chi connectivity index (χ2n) is 3.81. The van der Waals surface area contributed by atoms with Crippen LogP contribution >= 0.6 is 27.5 Å². The maximum atomic E-state index is 9.05. The van der Waals surface area contributed by atoms with Crippen molar-refractivity contribution < 1.29 is 14.6 Å². The summed E-state index contributed by atoms with van der Waals surface area (Å²) in [7, 11) is 1.61. The minimum atomic E-state index is -0.0919. The molecule has 0 saturated heterocycles. The van der Waals surface area contributed by atoms with Crippen LogP contribution in [0.3, 0.4) is 0 Å². The molecule has 0 heterocycles. The van der Waals surface area contributed by atoms with Gasteiger partial charge < -0.3 is 14.6 Å². The minimum Gasteiger partial charge on any atom is -0.497 e. The van der Waals surface area contributed by atoms with Gasteiger partial charge in [-0.3, -0.25) is 0 Å². The van der Waals surface area contributed by atoms with Crippen LogP contribution in [0, 0.1) is 0 Å². The summed E-state index contributed by atoms with van der Waals surface area (Å²) >= 11 is 9.43. The second-order valence-corrected chi connectivity index (χ2v) is 5.07. The summed E-state index contributed by atoms with van der Waals surface area (Å²) in [5.41, 5.74) is 0.669. The quantitative estimate of drug-likeness (QED) is 0.894. The first-order valence-corrected chi connectivity index (χ1v) is 6.72. The third-order valence-corrected chi connectivity index (χ3v) is 3.53. The van der Waals surface area contributed by atoms with Gasteiger partial charge in [0.05, 0.1) is 18.2 Å². The van der Waals surface area contributed by atoms with Crippen LogP contribution in [0.5, 0.6) is 17.2 Å². The van der Waals surface area contributed by atoms with Crippen LogP contribution in [-0.4, -0.2) is 12.2 Å². The second kappa shape index (κ2) is 6.28. The van der Waals surface area contributed by atoms with Crippen LogP contribution in [0.4, 0.5) is 0 Å². The van der Waals surface area contributed by atoms with Crippen molar-refractivity contribution in [3.8, 4) is 17.2 Å². The minimum absolute atomic E-state index is 0.0919. The topological polar surface area (TPSA) is 38.7 Å².